The fourth-order valence-corrected chi connectivity index (χ4v) is 3.44. The molecule has 1 saturated heterocycles. The lowest BCUT2D eigenvalue weighted by atomic mass is 10.2. The molecule has 7 nitrogen and oxygen atoms in total. The molecule has 112 valence electrons. The summed E-state index contributed by atoms with van der Waals surface area (Å²) in [5.41, 5.74) is -0.0217. The van der Waals surface area contributed by atoms with Crippen molar-refractivity contribution < 1.29 is 18.3 Å². The maximum atomic E-state index is 12.2. The minimum Gasteiger partial charge on any atom is -0.477 e. The highest BCUT2D eigenvalue weighted by molar-refractivity contribution is 7.89. The number of hydrogen-bond acceptors (Lipinski definition) is 4. The number of hydrogen-bond donors (Lipinski definition) is 2. The van der Waals surface area contributed by atoms with Crippen LogP contribution in [0, 0.1) is 0 Å². The van der Waals surface area contributed by atoms with E-state index in [0.717, 1.165) is 19.3 Å². The van der Waals surface area contributed by atoms with Gasteiger partial charge in [-0.05, 0) is 25.8 Å². The summed E-state index contributed by atoms with van der Waals surface area (Å²) >= 11 is 0. The van der Waals surface area contributed by atoms with Gasteiger partial charge >= 0.3 is 5.97 Å². The van der Waals surface area contributed by atoms with Crippen LogP contribution in [0.25, 0.3) is 0 Å². The summed E-state index contributed by atoms with van der Waals surface area (Å²) in [6.07, 6.45) is 4.38. The van der Waals surface area contributed by atoms with Crippen LogP contribution in [0.1, 0.15) is 36.7 Å². The van der Waals surface area contributed by atoms with Gasteiger partial charge in [0.25, 0.3) is 10.0 Å². The summed E-state index contributed by atoms with van der Waals surface area (Å²) in [4.78, 5) is 13.6. The first kappa shape index (κ1) is 15.0. The summed E-state index contributed by atoms with van der Waals surface area (Å²) in [5.74, 6) is -1.13. The van der Waals surface area contributed by atoms with Crippen molar-refractivity contribution >= 4 is 16.0 Å². The van der Waals surface area contributed by atoms with Gasteiger partial charge in [0.05, 0.1) is 0 Å². The minimum atomic E-state index is -3.71. The molecule has 0 saturated carbocycles. The summed E-state index contributed by atoms with van der Waals surface area (Å²) in [6, 6.07) is 1.19. The van der Waals surface area contributed by atoms with E-state index in [1.807, 2.05) is 0 Å². The van der Waals surface area contributed by atoms with Crippen LogP contribution in [0.3, 0.4) is 0 Å². The Bertz CT molecular complexity index is 588. The lowest BCUT2D eigenvalue weighted by Crippen LogP contribution is -2.44. The molecule has 0 radical (unpaired) electrons. The van der Waals surface area contributed by atoms with Crippen molar-refractivity contribution in [1.29, 1.82) is 0 Å². The molecule has 0 amide bonds. The number of carboxylic acids is 1. The van der Waals surface area contributed by atoms with E-state index >= 15 is 0 Å². The maximum absolute atomic E-state index is 12.2. The standard InChI is InChI=1S/C12H19N3O4S/c1-2-14-9-10(8-11(14)12(16)17)20(18,19)13-15-6-4-3-5-7-15/h8-9,13H,2-7H2,1H3,(H,16,17). The monoisotopic (exact) mass is 301 g/mol. The molecule has 0 unspecified atom stereocenters. The second-order valence-electron chi connectivity index (χ2n) is 4.79. The molecular weight excluding hydrogens is 282 g/mol. The molecule has 0 spiro atoms. The fraction of sp³-hybridized carbons (Fsp3) is 0.583. The number of carboxylic acid groups (broad SMARTS) is 1. The van der Waals surface area contributed by atoms with E-state index in [9.17, 15) is 13.2 Å². The van der Waals surface area contributed by atoms with Gasteiger partial charge in [-0.25, -0.2) is 18.2 Å². The molecule has 2 N–H and O–H groups in total. The highest BCUT2D eigenvalue weighted by atomic mass is 32.2. The maximum Gasteiger partial charge on any atom is 0.352 e. The fourth-order valence-electron chi connectivity index (χ4n) is 2.28. The van der Waals surface area contributed by atoms with Gasteiger partial charge in [0.15, 0.2) is 0 Å². The first-order valence-electron chi connectivity index (χ1n) is 6.65. The Balaban J connectivity index is 2.22. The Hall–Kier alpha value is -1.38. The molecule has 20 heavy (non-hydrogen) atoms. The first-order valence-corrected chi connectivity index (χ1v) is 8.13. The van der Waals surface area contributed by atoms with E-state index in [2.05, 4.69) is 4.83 Å². The topological polar surface area (TPSA) is 91.6 Å². The highest BCUT2D eigenvalue weighted by Gasteiger charge is 2.23. The molecule has 1 fully saturated rings. The third-order valence-electron chi connectivity index (χ3n) is 3.35. The smallest absolute Gasteiger partial charge is 0.352 e. The predicted molar refractivity (Wildman–Crippen MR) is 72.8 cm³/mol. The SMILES string of the molecule is CCn1cc(S(=O)(=O)NN2CCCCC2)cc1C(=O)O. The largest absolute Gasteiger partial charge is 0.477 e. The molecule has 1 aliphatic heterocycles. The Morgan fingerprint density at radius 2 is 2.00 bits per heavy atom. The molecule has 0 aliphatic carbocycles. The van der Waals surface area contributed by atoms with Crippen LogP contribution in [-0.4, -0.2) is 42.2 Å². The van der Waals surface area contributed by atoms with Crippen molar-refractivity contribution in [2.45, 2.75) is 37.6 Å². The zero-order valence-electron chi connectivity index (χ0n) is 11.4. The van der Waals surface area contributed by atoms with Gasteiger partial charge in [0.1, 0.15) is 10.6 Å². The molecule has 2 heterocycles. The second-order valence-corrected chi connectivity index (χ2v) is 6.46. The Morgan fingerprint density at radius 1 is 1.35 bits per heavy atom. The summed E-state index contributed by atoms with van der Waals surface area (Å²) < 4.78 is 25.9. The zero-order chi connectivity index (χ0) is 14.8. The molecule has 0 bridgehead atoms. The van der Waals surface area contributed by atoms with Crippen molar-refractivity contribution in [1.82, 2.24) is 14.4 Å². The molecule has 1 aliphatic rings. The van der Waals surface area contributed by atoms with Crippen molar-refractivity contribution in [3.63, 3.8) is 0 Å². The van der Waals surface area contributed by atoms with Gasteiger partial charge < -0.3 is 9.67 Å². The molecule has 8 heteroatoms. The van der Waals surface area contributed by atoms with Gasteiger partial charge in [0, 0.05) is 25.8 Å². The number of carbonyl (C=O) groups is 1. The van der Waals surface area contributed by atoms with Crippen molar-refractivity contribution in [2.75, 3.05) is 13.1 Å². The molecule has 0 aromatic carbocycles. The molecule has 1 aromatic rings. The third-order valence-corrected chi connectivity index (χ3v) is 4.69. The van der Waals surface area contributed by atoms with Crippen LogP contribution < -0.4 is 4.83 Å². The lowest BCUT2D eigenvalue weighted by Gasteiger charge is -2.26. The van der Waals surface area contributed by atoms with Crippen LogP contribution >= 0.6 is 0 Å². The Morgan fingerprint density at radius 3 is 2.50 bits per heavy atom. The number of sulfonamides is 1. The molecule has 1 aromatic heterocycles. The van der Waals surface area contributed by atoms with Gasteiger partial charge in [0.2, 0.25) is 0 Å². The average molecular weight is 301 g/mol. The van der Waals surface area contributed by atoms with E-state index in [0.29, 0.717) is 19.6 Å². The van der Waals surface area contributed by atoms with Crippen molar-refractivity contribution in [3.05, 3.63) is 18.0 Å². The van der Waals surface area contributed by atoms with Gasteiger partial charge in [-0.3, -0.25) is 0 Å². The van der Waals surface area contributed by atoms with Gasteiger partial charge in [-0.15, -0.1) is 4.83 Å². The van der Waals surface area contributed by atoms with E-state index in [1.54, 1.807) is 11.9 Å². The average Bonchev–Trinajstić information content (AvgIpc) is 2.84. The number of hydrazine groups is 1. The number of nitrogens with one attached hydrogen (secondary N) is 1. The summed E-state index contributed by atoms with van der Waals surface area (Å²) in [6.45, 7) is 3.53. The zero-order valence-corrected chi connectivity index (χ0v) is 12.2. The molecule has 2 rings (SSSR count). The predicted octanol–water partition coefficient (Wildman–Crippen LogP) is 0.885. The minimum absolute atomic E-state index is 0.0117. The Labute approximate surface area is 118 Å². The van der Waals surface area contributed by atoms with E-state index in [1.165, 1.54) is 16.8 Å². The van der Waals surface area contributed by atoms with E-state index < -0.39 is 16.0 Å². The molecular formula is C12H19N3O4S. The number of aromatic nitrogens is 1. The number of aryl methyl sites for hydroxylation is 1. The normalized spacial score (nSPS) is 17.2. The third kappa shape index (κ3) is 3.20. The summed E-state index contributed by atoms with van der Waals surface area (Å²) in [5, 5.41) is 10.7. The number of nitrogens with zero attached hydrogens (tertiary/aromatic N) is 2. The second kappa shape index (κ2) is 5.94. The van der Waals surface area contributed by atoms with E-state index in [4.69, 9.17) is 5.11 Å². The summed E-state index contributed by atoms with van der Waals surface area (Å²) in [7, 11) is -3.71. The van der Waals surface area contributed by atoms with Gasteiger partial charge in [-0.2, -0.15) is 0 Å². The van der Waals surface area contributed by atoms with Crippen LogP contribution in [0.5, 0.6) is 0 Å². The van der Waals surface area contributed by atoms with Crippen LogP contribution in [0.4, 0.5) is 0 Å². The molecule has 0 atom stereocenters. The van der Waals surface area contributed by atoms with Crippen molar-refractivity contribution in [3.8, 4) is 0 Å². The number of piperidine rings is 1. The number of aromatic carboxylic acids is 1. The quantitative estimate of drug-likeness (QED) is 0.842. The van der Waals surface area contributed by atoms with Crippen LogP contribution in [-0.2, 0) is 16.6 Å². The Kier molecular flexibility index (Phi) is 4.46. The number of rotatable bonds is 5. The van der Waals surface area contributed by atoms with Crippen LogP contribution in [0.15, 0.2) is 17.2 Å². The lowest BCUT2D eigenvalue weighted by molar-refractivity contribution is 0.0685. The highest BCUT2D eigenvalue weighted by Crippen LogP contribution is 2.16. The van der Waals surface area contributed by atoms with Crippen LogP contribution in [0.2, 0.25) is 0 Å². The van der Waals surface area contributed by atoms with E-state index in [-0.39, 0.29) is 10.6 Å². The van der Waals surface area contributed by atoms with Gasteiger partial charge in [-0.1, -0.05) is 6.42 Å². The van der Waals surface area contributed by atoms with Crippen molar-refractivity contribution in [2.24, 2.45) is 0 Å². The first-order chi connectivity index (χ1) is 9.44.